The number of amides is 1. The molecule has 130 valence electrons. The molecule has 0 unspecified atom stereocenters. The van der Waals surface area contributed by atoms with Gasteiger partial charge in [-0.2, -0.15) is 0 Å². The van der Waals surface area contributed by atoms with Gasteiger partial charge in [-0.05, 0) is 46.7 Å². The van der Waals surface area contributed by atoms with Crippen LogP contribution in [0.25, 0.3) is 10.8 Å². The first-order chi connectivity index (χ1) is 11.4. The van der Waals surface area contributed by atoms with Crippen LogP contribution in [0.4, 0.5) is 0 Å². The Labute approximate surface area is 143 Å². The van der Waals surface area contributed by atoms with Crippen molar-refractivity contribution in [2.24, 2.45) is 5.41 Å². The minimum absolute atomic E-state index is 0.0205. The van der Waals surface area contributed by atoms with Crippen LogP contribution in [0, 0.1) is 5.41 Å². The fourth-order valence-corrected chi connectivity index (χ4v) is 2.71. The number of hydrogen-bond donors (Lipinski definition) is 2. The summed E-state index contributed by atoms with van der Waals surface area (Å²) in [5, 5.41) is 14.4. The SMILES string of the molecule is COc1ccc2cccc(CC(=O)NCCCC(C)(C)CO)c2c1. The highest BCUT2D eigenvalue weighted by atomic mass is 16.5. The van der Waals surface area contributed by atoms with E-state index in [0.29, 0.717) is 13.0 Å². The van der Waals surface area contributed by atoms with Gasteiger partial charge in [-0.1, -0.05) is 38.1 Å². The number of rotatable bonds is 8. The molecule has 1 amide bonds. The van der Waals surface area contributed by atoms with E-state index in [-0.39, 0.29) is 17.9 Å². The molecule has 0 spiro atoms. The summed E-state index contributed by atoms with van der Waals surface area (Å²) in [4.78, 5) is 12.2. The fourth-order valence-electron chi connectivity index (χ4n) is 2.71. The van der Waals surface area contributed by atoms with Gasteiger partial charge >= 0.3 is 0 Å². The molecule has 24 heavy (non-hydrogen) atoms. The highest BCUT2D eigenvalue weighted by Crippen LogP contribution is 2.24. The minimum atomic E-state index is -0.0864. The lowest BCUT2D eigenvalue weighted by molar-refractivity contribution is -0.120. The molecule has 2 aromatic rings. The predicted octanol–water partition coefficient (Wildman–Crippen LogP) is 3.31. The Morgan fingerprint density at radius 2 is 2.04 bits per heavy atom. The molecule has 4 nitrogen and oxygen atoms in total. The first-order valence-electron chi connectivity index (χ1n) is 8.38. The second-order valence-corrected chi connectivity index (χ2v) is 6.96. The van der Waals surface area contributed by atoms with E-state index in [9.17, 15) is 9.90 Å². The molecule has 0 bridgehead atoms. The zero-order valence-corrected chi connectivity index (χ0v) is 14.8. The smallest absolute Gasteiger partial charge is 0.224 e. The molecule has 4 heteroatoms. The molecule has 0 aliphatic rings. The number of aliphatic hydroxyl groups excluding tert-OH is 1. The third kappa shape index (κ3) is 4.96. The van der Waals surface area contributed by atoms with Crippen LogP contribution in [0.3, 0.4) is 0 Å². The van der Waals surface area contributed by atoms with Crippen molar-refractivity contribution in [2.75, 3.05) is 20.3 Å². The molecule has 2 rings (SSSR count). The number of carbonyl (C=O) groups excluding carboxylic acids is 1. The molecule has 2 aromatic carbocycles. The van der Waals surface area contributed by atoms with E-state index in [2.05, 4.69) is 5.32 Å². The summed E-state index contributed by atoms with van der Waals surface area (Å²) >= 11 is 0. The molecule has 2 N–H and O–H groups in total. The standard InChI is InChI=1S/C20H27NO3/c1-20(2,14-22)10-5-11-21-19(23)12-16-7-4-6-15-8-9-17(24-3)13-18(15)16/h4,6-9,13,22H,5,10-12,14H2,1-3H3,(H,21,23). The summed E-state index contributed by atoms with van der Waals surface area (Å²) < 4.78 is 5.28. The average molecular weight is 329 g/mol. The van der Waals surface area contributed by atoms with E-state index in [1.54, 1.807) is 7.11 Å². The van der Waals surface area contributed by atoms with Gasteiger partial charge in [0.2, 0.25) is 5.91 Å². The van der Waals surface area contributed by atoms with E-state index < -0.39 is 0 Å². The Morgan fingerprint density at radius 3 is 2.75 bits per heavy atom. The third-order valence-corrected chi connectivity index (χ3v) is 4.31. The van der Waals surface area contributed by atoms with E-state index in [1.807, 2.05) is 50.2 Å². The molecule has 0 aliphatic carbocycles. The van der Waals surface area contributed by atoms with Crippen molar-refractivity contribution in [3.05, 3.63) is 42.0 Å². The van der Waals surface area contributed by atoms with E-state index in [1.165, 1.54) is 0 Å². The maximum atomic E-state index is 12.2. The van der Waals surface area contributed by atoms with Crippen molar-refractivity contribution >= 4 is 16.7 Å². The van der Waals surface area contributed by atoms with Crippen molar-refractivity contribution in [3.63, 3.8) is 0 Å². The second-order valence-electron chi connectivity index (χ2n) is 6.96. The average Bonchev–Trinajstić information content (AvgIpc) is 2.58. The molecule has 0 saturated heterocycles. The molecule has 0 aliphatic heterocycles. The molecule has 0 saturated carbocycles. The normalized spacial score (nSPS) is 11.5. The Bertz CT molecular complexity index is 694. The van der Waals surface area contributed by atoms with Gasteiger partial charge in [0.15, 0.2) is 0 Å². The first kappa shape index (κ1) is 18.3. The molecular weight excluding hydrogens is 302 g/mol. The number of carbonyl (C=O) groups is 1. The summed E-state index contributed by atoms with van der Waals surface area (Å²) in [6, 6.07) is 11.9. The summed E-state index contributed by atoms with van der Waals surface area (Å²) in [5.74, 6) is 0.814. The lowest BCUT2D eigenvalue weighted by Gasteiger charge is -2.21. The number of methoxy groups -OCH3 is 1. The van der Waals surface area contributed by atoms with Crippen LogP contribution in [0.15, 0.2) is 36.4 Å². The quantitative estimate of drug-likeness (QED) is 0.731. The number of nitrogens with one attached hydrogen (secondary N) is 1. The lowest BCUT2D eigenvalue weighted by Crippen LogP contribution is -2.27. The third-order valence-electron chi connectivity index (χ3n) is 4.31. The van der Waals surface area contributed by atoms with Crippen LogP contribution in [-0.2, 0) is 11.2 Å². The van der Waals surface area contributed by atoms with Crippen molar-refractivity contribution in [1.29, 1.82) is 0 Å². The summed E-state index contributed by atoms with van der Waals surface area (Å²) in [5.41, 5.74) is 0.913. The molecular formula is C20H27NO3. The van der Waals surface area contributed by atoms with Crippen LogP contribution in [0.5, 0.6) is 5.75 Å². The highest BCUT2D eigenvalue weighted by Gasteiger charge is 2.15. The fraction of sp³-hybridized carbons (Fsp3) is 0.450. The Morgan fingerprint density at radius 1 is 1.25 bits per heavy atom. The van der Waals surface area contributed by atoms with E-state index in [0.717, 1.165) is 34.9 Å². The zero-order chi connectivity index (χ0) is 17.6. The van der Waals surface area contributed by atoms with Crippen LogP contribution < -0.4 is 10.1 Å². The van der Waals surface area contributed by atoms with Gasteiger partial charge in [-0.15, -0.1) is 0 Å². The van der Waals surface area contributed by atoms with Gasteiger partial charge in [0.1, 0.15) is 5.75 Å². The summed E-state index contributed by atoms with van der Waals surface area (Å²) in [7, 11) is 1.64. The molecule has 0 radical (unpaired) electrons. The van der Waals surface area contributed by atoms with Gasteiger partial charge in [0.05, 0.1) is 13.5 Å². The summed E-state index contributed by atoms with van der Waals surface area (Å²) in [6.45, 7) is 4.85. The minimum Gasteiger partial charge on any atom is -0.497 e. The Balaban J connectivity index is 1.95. The van der Waals surface area contributed by atoms with Gasteiger partial charge in [-0.25, -0.2) is 0 Å². The first-order valence-corrected chi connectivity index (χ1v) is 8.38. The second kappa shape index (κ2) is 8.15. The van der Waals surface area contributed by atoms with Gasteiger partial charge < -0.3 is 15.2 Å². The highest BCUT2D eigenvalue weighted by molar-refractivity contribution is 5.91. The molecule has 0 atom stereocenters. The van der Waals surface area contributed by atoms with Crippen LogP contribution >= 0.6 is 0 Å². The molecule has 0 fully saturated rings. The van der Waals surface area contributed by atoms with Crippen LogP contribution in [0.2, 0.25) is 0 Å². The number of hydrogen-bond acceptors (Lipinski definition) is 3. The molecule has 0 aromatic heterocycles. The maximum absolute atomic E-state index is 12.2. The number of aliphatic hydroxyl groups is 1. The lowest BCUT2D eigenvalue weighted by atomic mass is 9.89. The number of fused-ring (bicyclic) bond motifs is 1. The zero-order valence-electron chi connectivity index (χ0n) is 14.8. The van der Waals surface area contributed by atoms with Crippen molar-refractivity contribution in [1.82, 2.24) is 5.32 Å². The van der Waals surface area contributed by atoms with Crippen molar-refractivity contribution in [3.8, 4) is 5.75 Å². The largest absolute Gasteiger partial charge is 0.497 e. The monoisotopic (exact) mass is 329 g/mol. The Hall–Kier alpha value is -2.07. The van der Waals surface area contributed by atoms with E-state index in [4.69, 9.17) is 4.74 Å². The van der Waals surface area contributed by atoms with Gasteiger partial charge in [-0.3, -0.25) is 4.79 Å². The Kier molecular flexibility index (Phi) is 6.21. The van der Waals surface area contributed by atoms with E-state index >= 15 is 0 Å². The van der Waals surface area contributed by atoms with Gasteiger partial charge in [0.25, 0.3) is 0 Å². The van der Waals surface area contributed by atoms with Crippen molar-refractivity contribution < 1.29 is 14.6 Å². The van der Waals surface area contributed by atoms with Crippen LogP contribution in [-0.4, -0.2) is 31.3 Å². The number of benzene rings is 2. The summed E-state index contributed by atoms with van der Waals surface area (Å²) in [6.07, 6.45) is 2.10. The van der Waals surface area contributed by atoms with Crippen LogP contribution in [0.1, 0.15) is 32.3 Å². The topological polar surface area (TPSA) is 58.6 Å². The van der Waals surface area contributed by atoms with Crippen molar-refractivity contribution in [2.45, 2.75) is 33.1 Å². The maximum Gasteiger partial charge on any atom is 0.224 e. The number of ether oxygens (including phenoxy) is 1. The van der Waals surface area contributed by atoms with Gasteiger partial charge in [0, 0.05) is 13.2 Å². The predicted molar refractivity (Wildman–Crippen MR) is 97.3 cm³/mol. The molecule has 0 heterocycles.